The van der Waals surface area contributed by atoms with Gasteiger partial charge in [-0.3, -0.25) is 13.9 Å². The van der Waals surface area contributed by atoms with Crippen molar-refractivity contribution in [3.63, 3.8) is 0 Å². The van der Waals surface area contributed by atoms with Crippen LogP contribution in [0.25, 0.3) is 0 Å². The van der Waals surface area contributed by atoms with E-state index in [1.165, 1.54) is 11.4 Å². The largest absolute Gasteiger partial charge is 0.497 e. The topological polar surface area (TPSA) is 96.0 Å². The smallest absolute Gasteiger partial charge is 0.242 e. The van der Waals surface area contributed by atoms with E-state index in [1.54, 1.807) is 36.1 Å². The van der Waals surface area contributed by atoms with Crippen molar-refractivity contribution in [3.05, 3.63) is 58.6 Å². The number of sulfonamides is 1. The van der Waals surface area contributed by atoms with Crippen LogP contribution in [-0.4, -0.2) is 57.6 Å². The zero-order valence-corrected chi connectivity index (χ0v) is 23.9. The van der Waals surface area contributed by atoms with Gasteiger partial charge in [-0.1, -0.05) is 48.0 Å². The maximum Gasteiger partial charge on any atom is 0.242 e. The van der Waals surface area contributed by atoms with E-state index >= 15 is 0 Å². The Labute approximate surface area is 223 Å². The van der Waals surface area contributed by atoms with Crippen LogP contribution in [-0.2, 0) is 26.2 Å². The standard InChI is InChI=1S/C26H36BrN3O5S/c1-19(2)17-28-26(32)20(3)29(18-21-11-13-22(27)14-12-21)25(31)10-7-15-30(36(5,33)34)23-8-6-9-24(16-23)35-4/h6,8-9,11-14,16,19-20H,7,10,15,17-18H2,1-5H3,(H,28,32). The summed E-state index contributed by atoms with van der Waals surface area (Å²) in [4.78, 5) is 27.7. The maximum absolute atomic E-state index is 13.3. The van der Waals surface area contributed by atoms with E-state index < -0.39 is 16.1 Å². The first-order chi connectivity index (χ1) is 16.9. The normalized spacial score (nSPS) is 12.2. The third-order valence-electron chi connectivity index (χ3n) is 5.61. The van der Waals surface area contributed by atoms with E-state index in [0.717, 1.165) is 16.3 Å². The molecule has 10 heteroatoms. The van der Waals surface area contributed by atoms with Gasteiger partial charge in [0.1, 0.15) is 11.8 Å². The number of ether oxygens (including phenoxy) is 1. The predicted molar refractivity (Wildman–Crippen MR) is 146 cm³/mol. The molecule has 0 radical (unpaired) electrons. The third kappa shape index (κ3) is 9.13. The monoisotopic (exact) mass is 581 g/mol. The molecule has 0 heterocycles. The summed E-state index contributed by atoms with van der Waals surface area (Å²) in [6.07, 6.45) is 1.52. The molecule has 0 spiro atoms. The summed E-state index contributed by atoms with van der Waals surface area (Å²) in [5.74, 6) is 0.391. The highest BCUT2D eigenvalue weighted by molar-refractivity contribution is 9.10. The Morgan fingerprint density at radius 3 is 2.33 bits per heavy atom. The fourth-order valence-corrected chi connectivity index (χ4v) is 4.81. The van der Waals surface area contributed by atoms with E-state index in [2.05, 4.69) is 21.2 Å². The molecule has 0 bridgehead atoms. The number of anilines is 1. The molecule has 198 valence electrons. The molecule has 2 aromatic carbocycles. The van der Waals surface area contributed by atoms with E-state index in [9.17, 15) is 18.0 Å². The number of nitrogens with one attached hydrogen (secondary N) is 1. The van der Waals surface area contributed by atoms with Crippen molar-refractivity contribution in [3.8, 4) is 5.75 Å². The Balaban J connectivity index is 2.16. The molecule has 2 amide bonds. The Morgan fingerprint density at radius 2 is 1.75 bits per heavy atom. The molecule has 2 aromatic rings. The fourth-order valence-electron chi connectivity index (χ4n) is 3.59. The van der Waals surface area contributed by atoms with Gasteiger partial charge in [-0.15, -0.1) is 0 Å². The summed E-state index contributed by atoms with van der Waals surface area (Å²) in [5.41, 5.74) is 1.36. The number of amides is 2. The van der Waals surface area contributed by atoms with Gasteiger partial charge in [0.05, 0.1) is 19.1 Å². The average molecular weight is 583 g/mol. The second-order valence-corrected chi connectivity index (χ2v) is 11.9. The lowest BCUT2D eigenvalue weighted by molar-refractivity contribution is -0.140. The van der Waals surface area contributed by atoms with Gasteiger partial charge in [0, 0.05) is 36.6 Å². The predicted octanol–water partition coefficient (Wildman–Crippen LogP) is 4.19. The van der Waals surface area contributed by atoms with Crippen molar-refractivity contribution >= 4 is 43.5 Å². The summed E-state index contributed by atoms with van der Waals surface area (Å²) in [6.45, 7) is 6.64. The average Bonchev–Trinajstić information content (AvgIpc) is 2.83. The van der Waals surface area contributed by atoms with Crippen LogP contribution >= 0.6 is 15.9 Å². The molecule has 0 aromatic heterocycles. The number of carbonyl (C=O) groups is 2. The van der Waals surface area contributed by atoms with Crippen LogP contribution < -0.4 is 14.4 Å². The third-order valence-corrected chi connectivity index (χ3v) is 7.33. The lowest BCUT2D eigenvalue weighted by atomic mass is 10.1. The molecule has 8 nitrogen and oxygen atoms in total. The van der Waals surface area contributed by atoms with Crippen molar-refractivity contribution in [1.29, 1.82) is 0 Å². The minimum absolute atomic E-state index is 0.0916. The molecular formula is C26H36BrN3O5S. The van der Waals surface area contributed by atoms with Crippen molar-refractivity contribution in [2.24, 2.45) is 5.92 Å². The second kappa shape index (κ2) is 13.6. The molecule has 0 aliphatic rings. The van der Waals surface area contributed by atoms with E-state index in [4.69, 9.17) is 4.74 Å². The van der Waals surface area contributed by atoms with Gasteiger partial charge >= 0.3 is 0 Å². The van der Waals surface area contributed by atoms with Gasteiger partial charge in [-0.25, -0.2) is 8.42 Å². The summed E-state index contributed by atoms with van der Waals surface area (Å²) >= 11 is 3.41. The molecule has 36 heavy (non-hydrogen) atoms. The van der Waals surface area contributed by atoms with Crippen molar-refractivity contribution in [1.82, 2.24) is 10.2 Å². The number of benzene rings is 2. The van der Waals surface area contributed by atoms with E-state index in [1.807, 2.05) is 38.1 Å². The lowest BCUT2D eigenvalue weighted by Crippen LogP contribution is -2.48. The molecule has 1 unspecified atom stereocenters. The molecule has 1 atom stereocenters. The van der Waals surface area contributed by atoms with Gasteiger partial charge in [-0.05, 0) is 49.1 Å². The molecule has 1 N–H and O–H groups in total. The highest BCUT2D eigenvalue weighted by Crippen LogP contribution is 2.24. The summed E-state index contributed by atoms with van der Waals surface area (Å²) in [7, 11) is -2.06. The number of methoxy groups -OCH3 is 1. The molecule has 0 saturated carbocycles. The van der Waals surface area contributed by atoms with Crippen molar-refractivity contribution in [2.75, 3.05) is 30.8 Å². The number of halogens is 1. The second-order valence-electron chi connectivity index (χ2n) is 9.10. The Hall–Kier alpha value is -2.59. The quantitative estimate of drug-likeness (QED) is 0.382. The van der Waals surface area contributed by atoms with Gasteiger partial charge in [-0.2, -0.15) is 0 Å². The number of nitrogens with zero attached hydrogens (tertiary/aromatic N) is 2. The Kier molecular flexibility index (Phi) is 11.2. The summed E-state index contributed by atoms with van der Waals surface area (Å²) in [6, 6.07) is 13.7. The fraction of sp³-hybridized carbons (Fsp3) is 0.462. The summed E-state index contributed by atoms with van der Waals surface area (Å²) in [5, 5.41) is 2.90. The van der Waals surface area contributed by atoms with E-state index in [0.29, 0.717) is 24.4 Å². The zero-order chi connectivity index (χ0) is 26.9. The van der Waals surface area contributed by atoms with Crippen LogP contribution in [0.15, 0.2) is 53.0 Å². The minimum atomic E-state index is -3.57. The summed E-state index contributed by atoms with van der Waals surface area (Å²) < 4.78 is 32.3. The SMILES string of the molecule is COc1cccc(N(CCCC(=O)N(Cc2ccc(Br)cc2)C(C)C(=O)NCC(C)C)S(C)(=O)=O)c1. The number of hydrogen-bond donors (Lipinski definition) is 1. The molecule has 0 saturated heterocycles. The molecule has 0 aliphatic heterocycles. The zero-order valence-electron chi connectivity index (χ0n) is 21.5. The highest BCUT2D eigenvalue weighted by Gasteiger charge is 2.26. The van der Waals surface area contributed by atoms with Crippen LogP contribution in [0.5, 0.6) is 5.75 Å². The Morgan fingerprint density at radius 1 is 1.08 bits per heavy atom. The lowest BCUT2D eigenvalue weighted by Gasteiger charge is -2.29. The number of hydrogen-bond acceptors (Lipinski definition) is 5. The van der Waals surface area contributed by atoms with Crippen LogP contribution in [0.3, 0.4) is 0 Å². The van der Waals surface area contributed by atoms with Gasteiger partial charge < -0.3 is 15.0 Å². The number of carbonyl (C=O) groups excluding carboxylic acids is 2. The Bertz CT molecular complexity index is 1120. The van der Waals surface area contributed by atoms with Gasteiger partial charge in [0.2, 0.25) is 21.8 Å². The number of rotatable bonds is 13. The first-order valence-corrected chi connectivity index (χ1v) is 14.5. The van der Waals surface area contributed by atoms with Crippen LogP contribution in [0.1, 0.15) is 39.2 Å². The van der Waals surface area contributed by atoms with Crippen LogP contribution in [0.2, 0.25) is 0 Å². The van der Waals surface area contributed by atoms with E-state index in [-0.39, 0.29) is 37.2 Å². The van der Waals surface area contributed by atoms with Crippen molar-refractivity contribution in [2.45, 2.75) is 46.2 Å². The highest BCUT2D eigenvalue weighted by atomic mass is 79.9. The van der Waals surface area contributed by atoms with Gasteiger partial charge in [0.15, 0.2) is 0 Å². The minimum Gasteiger partial charge on any atom is -0.497 e. The molecule has 2 rings (SSSR count). The molecule has 0 aliphatic carbocycles. The maximum atomic E-state index is 13.3. The van der Waals surface area contributed by atoms with Crippen molar-refractivity contribution < 1.29 is 22.7 Å². The van der Waals surface area contributed by atoms with Crippen LogP contribution in [0, 0.1) is 5.92 Å². The first-order valence-electron chi connectivity index (χ1n) is 11.9. The van der Waals surface area contributed by atoms with Gasteiger partial charge in [0.25, 0.3) is 0 Å². The first kappa shape index (κ1) is 29.6. The molecular weight excluding hydrogens is 546 g/mol. The van der Waals surface area contributed by atoms with Crippen LogP contribution in [0.4, 0.5) is 5.69 Å². The molecule has 0 fully saturated rings.